The van der Waals surface area contributed by atoms with Crippen molar-refractivity contribution < 1.29 is 9.53 Å². The van der Waals surface area contributed by atoms with Gasteiger partial charge in [0.25, 0.3) is 0 Å². The molecule has 2 aliphatic carbocycles. The highest BCUT2D eigenvalue weighted by atomic mass is 16.5. The van der Waals surface area contributed by atoms with Crippen LogP contribution in [0.4, 0.5) is 5.69 Å². The first-order chi connectivity index (χ1) is 25.9. The number of pyridine rings is 1. The molecule has 4 fully saturated rings. The van der Waals surface area contributed by atoms with Crippen molar-refractivity contribution in [1.82, 2.24) is 19.8 Å². The summed E-state index contributed by atoms with van der Waals surface area (Å²) in [4.78, 5) is 27.8. The summed E-state index contributed by atoms with van der Waals surface area (Å²) >= 11 is 0. The number of ether oxygens (including phenoxy) is 1. The van der Waals surface area contributed by atoms with Crippen molar-refractivity contribution in [3.63, 3.8) is 0 Å². The molecule has 4 heterocycles. The highest BCUT2D eigenvalue weighted by molar-refractivity contribution is 5.81. The van der Waals surface area contributed by atoms with Gasteiger partial charge in [-0.1, -0.05) is 68.4 Å². The van der Waals surface area contributed by atoms with Gasteiger partial charge in [-0.3, -0.25) is 14.6 Å². The number of benzene rings is 3. The lowest BCUT2D eigenvalue weighted by Gasteiger charge is -2.58. The van der Waals surface area contributed by atoms with Crippen molar-refractivity contribution in [3.8, 4) is 11.5 Å². The normalized spacial score (nSPS) is 23.8. The Morgan fingerprint density at radius 2 is 1.70 bits per heavy atom. The fourth-order valence-electron chi connectivity index (χ4n) is 10.4. The van der Waals surface area contributed by atoms with Crippen LogP contribution in [0, 0.1) is 5.41 Å². The van der Waals surface area contributed by atoms with Crippen molar-refractivity contribution in [3.05, 3.63) is 120 Å². The maximum Gasteiger partial charge on any atom is 0.153 e. The summed E-state index contributed by atoms with van der Waals surface area (Å²) in [6, 6.07) is 32.3. The zero-order valence-corrected chi connectivity index (χ0v) is 31.3. The molecule has 0 bridgehead atoms. The second kappa shape index (κ2) is 14.4. The lowest BCUT2D eigenvalue weighted by Crippen LogP contribution is -2.60. The standard InChI is InChI=1S/C46H53N5O2/c1-32(2)41-10-6-7-11-42(41)43-30-50(37-14-12-34(24-37)33-8-4-3-5-9-33)22-23-51(43)39-27-46(28-39)17-20-49(21-18-46)38-15-13-36(31-52)44(26-38)53-40-25-35-16-19-47-45(35)48-29-40/h3-11,13,15-16,19,25-26,29,31-32,34,37,39,43H,12,14,17-18,20-24,27-28,30H2,1-2H3,(H,47,48). The number of nitrogens with one attached hydrogen (secondary N) is 1. The van der Waals surface area contributed by atoms with Crippen LogP contribution in [0.5, 0.6) is 11.5 Å². The first-order valence-electron chi connectivity index (χ1n) is 20.0. The minimum Gasteiger partial charge on any atom is -0.455 e. The highest BCUT2D eigenvalue weighted by Gasteiger charge is 2.50. The van der Waals surface area contributed by atoms with Gasteiger partial charge < -0.3 is 14.6 Å². The molecule has 2 aliphatic heterocycles. The number of nitrogens with zero attached hydrogens (tertiary/aromatic N) is 4. The van der Waals surface area contributed by atoms with E-state index in [0.29, 0.717) is 52.4 Å². The van der Waals surface area contributed by atoms with Gasteiger partial charge in [-0.25, -0.2) is 4.98 Å². The number of aromatic nitrogens is 2. The molecule has 2 aromatic heterocycles. The van der Waals surface area contributed by atoms with Gasteiger partial charge in [-0.15, -0.1) is 0 Å². The quantitative estimate of drug-likeness (QED) is 0.154. The third-order valence-corrected chi connectivity index (χ3v) is 13.3. The Labute approximate surface area is 314 Å². The fourth-order valence-corrected chi connectivity index (χ4v) is 10.4. The van der Waals surface area contributed by atoms with E-state index in [1.165, 1.54) is 62.6 Å². The van der Waals surface area contributed by atoms with Crippen LogP contribution < -0.4 is 9.64 Å². The van der Waals surface area contributed by atoms with E-state index in [2.05, 4.69) is 99.2 Å². The lowest BCUT2D eigenvalue weighted by molar-refractivity contribution is -0.0672. The van der Waals surface area contributed by atoms with E-state index in [-0.39, 0.29) is 0 Å². The Morgan fingerprint density at radius 3 is 2.51 bits per heavy atom. The fraction of sp³-hybridized carbons (Fsp3) is 0.435. The Kier molecular flexibility index (Phi) is 9.33. The number of hydrogen-bond donors (Lipinski definition) is 1. The predicted molar refractivity (Wildman–Crippen MR) is 213 cm³/mol. The smallest absolute Gasteiger partial charge is 0.153 e. The van der Waals surface area contributed by atoms with Crippen molar-refractivity contribution in [2.45, 2.75) is 88.8 Å². The maximum atomic E-state index is 12.0. The van der Waals surface area contributed by atoms with Crippen LogP contribution in [0.2, 0.25) is 0 Å². The Balaban J connectivity index is 0.869. The van der Waals surface area contributed by atoms with E-state index in [1.807, 2.05) is 30.5 Å². The van der Waals surface area contributed by atoms with Crippen LogP contribution in [0.1, 0.15) is 104 Å². The molecule has 5 aromatic rings. The molecule has 3 aromatic carbocycles. The molecule has 9 rings (SSSR count). The van der Waals surface area contributed by atoms with Gasteiger partial charge >= 0.3 is 0 Å². The second-order valence-electron chi connectivity index (χ2n) is 16.7. The molecule has 274 valence electrons. The first kappa shape index (κ1) is 34.3. The van der Waals surface area contributed by atoms with Crippen molar-refractivity contribution in [1.29, 1.82) is 0 Å². The van der Waals surface area contributed by atoms with Crippen molar-refractivity contribution >= 4 is 23.0 Å². The molecular formula is C46H53N5O2. The van der Waals surface area contributed by atoms with Crippen LogP contribution in [-0.2, 0) is 0 Å². The SMILES string of the molecule is CC(C)c1ccccc1C1CN(C2CCC(c3ccccc3)C2)CCN1C1CC2(CCN(c3ccc(C=O)c(Oc4cnc5[nH]ccc5c4)c3)CC2)C1. The van der Waals surface area contributed by atoms with E-state index in [9.17, 15) is 4.79 Å². The molecule has 0 radical (unpaired) electrons. The monoisotopic (exact) mass is 707 g/mol. The van der Waals surface area contributed by atoms with E-state index < -0.39 is 0 Å². The number of anilines is 1. The predicted octanol–water partition coefficient (Wildman–Crippen LogP) is 9.74. The molecule has 1 spiro atoms. The molecule has 7 nitrogen and oxygen atoms in total. The van der Waals surface area contributed by atoms with E-state index in [0.717, 1.165) is 49.2 Å². The Bertz CT molecular complexity index is 2040. The summed E-state index contributed by atoms with van der Waals surface area (Å²) in [5.41, 5.74) is 7.52. The molecule has 53 heavy (non-hydrogen) atoms. The number of piperidine rings is 1. The zero-order valence-electron chi connectivity index (χ0n) is 31.3. The summed E-state index contributed by atoms with van der Waals surface area (Å²) < 4.78 is 6.26. The lowest BCUT2D eigenvalue weighted by atomic mass is 9.59. The number of carbonyl (C=O) groups excluding carboxylic acids is 1. The van der Waals surface area contributed by atoms with Gasteiger partial charge in [0.05, 0.1) is 11.8 Å². The van der Waals surface area contributed by atoms with Crippen LogP contribution in [-0.4, -0.2) is 70.9 Å². The van der Waals surface area contributed by atoms with Crippen LogP contribution in [0.3, 0.4) is 0 Å². The van der Waals surface area contributed by atoms with Gasteiger partial charge in [0.15, 0.2) is 6.29 Å². The van der Waals surface area contributed by atoms with Crippen molar-refractivity contribution in [2.75, 3.05) is 37.6 Å². The van der Waals surface area contributed by atoms with E-state index >= 15 is 0 Å². The number of rotatable bonds is 9. The molecule has 0 amide bonds. The van der Waals surface area contributed by atoms with Crippen LogP contribution >= 0.6 is 0 Å². The number of aromatic amines is 1. The molecule has 7 heteroatoms. The molecule has 2 saturated carbocycles. The number of carbonyl (C=O) groups is 1. The summed E-state index contributed by atoms with van der Waals surface area (Å²) in [5.74, 6) is 2.42. The second-order valence-corrected chi connectivity index (χ2v) is 16.7. The highest BCUT2D eigenvalue weighted by Crippen LogP contribution is 2.53. The van der Waals surface area contributed by atoms with Gasteiger partial charge in [0.2, 0.25) is 0 Å². The average molecular weight is 708 g/mol. The van der Waals surface area contributed by atoms with Crippen LogP contribution in [0.25, 0.3) is 11.0 Å². The van der Waals surface area contributed by atoms with Gasteiger partial charge in [0, 0.05) is 74.2 Å². The summed E-state index contributed by atoms with van der Waals surface area (Å²) in [5, 5.41) is 0.981. The first-order valence-corrected chi connectivity index (χ1v) is 20.0. The average Bonchev–Trinajstić information content (AvgIpc) is 3.88. The van der Waals surface area contributed by atoms with Gasteiger partial charge in [-0.2, -0.15) is 0 Å². The van der Waals surface area contributed by atoms with E-state index in [4.69, 9.17) is 4.74 Å². The number of H-pyrrole nitrogens is 1. The van der Waals surface area contributed by atoms with Gasteiger partial charge in [0.1, 0.15) is 17.1 Å². The number of aldehydes is 1. The summed E-state index contributed by atoms with van der Waals surface area (Å²) in [6.45, 7) is 10.3. The third-order valence-electron chi connectivity index (χ3n) is 13.3. The molecule has 3 atom stereocenters. The molecule has 1 N–H and O–H groups in total. The zero-order chi connectivity index (χ0) is 35.9. The minimum absolute atomic E-state index is 0.425. The number of hydrogen-bond acceptors (Lipinski definition) is 6. The molecule has 3 unspecified atom stereocenters. The topological polar surface area (TPSA) is 64.7 Å². The molecule has 2 saturated heterocycles. The Morgan fingerprint density at radius 1 is 0.887 bits per heavy atom. The van der Waals surface area contributed by atoms with Crippen molar-refractivity contribution in [2.24, 2.45) is 5.41 Å². The minimum atomic E-state index is 0.425. The molecular weight excluding hydrogens is 655 g/mol. The third kappa shape index (κ3) is 6.79. The van der Waals surface area contributed by atoms with Crippen LogP contribution in [0.15, 0.2) is 97.3 Å². The molecule has 4 aliphatic rings. The largest absolute Gasteiger partial charge is 0.455 e. The maximum absolute atomic E-state index is 12.0. The number of fused-ring (bicyclic) bond motifs is 1. The Hall–Kier alpha value is -4.46. The summed E-state index contributed by atoms with van der Waals surface area (Å²) in [7, 11) is 0. The summed E-state index contributed by atoms with van der Waals surface area (Å²) in [6.07, 6.45) is 13.4. The van der Waals surface area contributed by atoms with Gasteiger partial charge in [-0.05, 0) is 103 Å². The van der Waals surface area contributed by atoms with E-state index in [1.54, 1.807) is 11.8 Å². The number of piperazine rings is 1.